The summed E-state index contributed by atoms with van der Waals surface area (Å²) in [6, 6.07) is 29.1. The van der Waals surface area contributed by atoms with Crippen molar-refractivity contribution in [3.05, 3.63) is 113 Å². The van der Waals surface area contributed by atoms with Crippen molar-refractivity contribution in [1.29, 1.82) is 0 Å². The number of hydrogen-bond acceptors (Lipinski definition) is 7. The van der Waals surface area contributed by atoms with Crippen molar-refractivity contribution in [3.8, 4) is 22.8 Å². The molecule has 0 unspecified atom stereocenters. The number of nitrogens with zero attached hydrogens (tertiary/aromatic N) is 2. The molecule has 1 aliphatic rings. The second kappa shape index (κ2) is 11.6. The standard InChI is InChI=1S/C32H30N4O4/c37-19-18-33-16-17-34-36-25-13-7-12-24-28(25)31(35-36)29-26(39-20-22-8-3-1-4-9-22)14-15-27(30(29)32(24)38)40-21-23-10-5-2-6-11-23/h1-15,33-34,37H,16-21H2. The minimum absolute atomic E-state index is 0.0809. The highest BCUT2D eigenvalue weighted by Gasteiger charge is 2.34. The molecule has 3 N–H and O–H groups in total. The Morgan fingerprint density at radius 3 is 2.02 bits per heavy atom. The molecule has 0 atom stereocenters. The largest absolute Gasteiger partial charge is 0.488 e. The Kier molecular flexibility index (Phi) is 7.43. The van der Waals surface area contributed by atoms with E-state index in [4.69, 9.17) is 19.7 Å². The second-order valence-electron chi connectivity index (χ2n) is 9.53. The summed E-state index contributed by atoms with van der Waals surface area (Å²) < 4.78 is 12.6. The topological polar surface area (TPSA) is 97.6 Å². The van der Waals surface area contributed by atoms with E-state index in [0.717, 1.165) is 22.0 Å². The zero-order chi connectivity index (χ0) is 27.3. The molecule has 1 aromatic heterocycles. The minimum Gasteiger partial charge on any atom is -0.488 e. The summed E-state index contributed by atoms with van der Waals surface area (Å²) in [5, 5.41) is 17.9. The predicted molar refractivity (Wildman–Crippen MR) is 154 cm³/mol. The minimum atomic E-state index is -0.120. The Morgan fingerprint density at radius 1 is 0.725 bits per heavy atom. The average Bonchev–Trinajstić information content (AvgIpc) is 3.37. The number of carbonyl (C=O) groups excluding carboxylic acids is 1. The lowest BCUT2D eigenvalue weighted by molar-refractivity contribution is 0.103. The van der Waals surface area contributed by atoms with Crippen molar-refractivity contribution in [2.75, 3.05) is 31.7 Å². The van der Waals surface area contributed by atoms with Crippen molar-refractivity contribution >= 4 is 16.7 Å². The first-order valence-corrected chi connectivity index (χ1v) is 13.4. The summed E-state index contributed by atoms with van der Waals surface area (Å²) in [6.07, 6.45) is 0. The Bertz CT molecular complexity index is 1630. The number of hydrogen-bond donors (Lipinski definition) is 3. The molecule has 40 heavy (non-hydrogen) atoms. The maximum Gasteiger partial charge on any atom is 0.198 e. The van der Waals surface area contributed by atoms with Gasteiger partial charge in [-0.15, -0.1) is 0 Å². The van der Waals surface area contributed by atoms with Crippen LogP contribution in [-0.4, -0.2) is 47.0 Å². The summed E-state index contributed by atoms with van der Waals surface area (Å²) in [4.78, 5) is 15.8. The molecule has 8 nitrogen and oxygen atoms in total. The fourth-order valence-electron chi connectivity index (χ4n) is 4.98. The van der Waals surface area contributed by atoms with E-state index < -0.39 is 0 Å². The Hall–Kier alpha value is -4.66. The van der Waals surface area contributed by atoms with Crippen LogP contribution in [0.25, 0.3) is 22.2 Å². The van der Waals surface area contributed by atoms with Crippen molar-refractivity contribution < 1.29 is 19.4 Å². The molecule has 202 valence electrons. The van der Waals surface area contributed by atoms with Gasteiger partial charge in [0.2, 0.25) is 0 Å². The van der Waals surface area contributed by atoms with Crippen LogP contribution in [0.15, 0.2) is 91.0 Å². The van der Waals surface area contributed by atoms with E-state index in [1.54, 1.807) is 4.79 Å². The number of nitrogens with one attached hydrogen (secondary N) is 2. The van der Waals surface area contributed by atoms with Gasteiger partial charge in [-0.3, -0.25) is 4.79 Å². The van der Waals surface area contributed by atoms with E-state index in [1.165, 1.54) is 0 Å². The first-order valence-electron chi connectivity index (χ1n) is 13.4. The van der Waals surface area contributed by atoms with Gasteiger partial charge in [-0.2, -0.15) is 9.89 Å². The monoisotopic (exact) mass is 534 g/mol. The number of benzene rings is 4. The number of ether oxygens (including phenoxy) is 2. The van der Waals surface area contributed by atoms with Crippen molar-refractivity contribution in [1.82, 2.24) is 15.2 Å². The van der Waals surface area contributed by atoms with Gasteiger partial charge in [0.25, 0.3) is 0 Å². The van der Waals surface area contributed by atoms with E-state index in [2.05, 4.69) is 10.7 Å². The van der Waals surface area contributed by atoms with Gasteiger partial charge < -0.3 is 25.3 Å². The highest BCUT2D eigenvalue weighted by Crippen LogP contribution is 2.47. The summed E-state index contributed by atoms with van der Waals surface area (Å²) in [6.45, 7) is 2.52. The number of aliphatic hydroxyl groups is 1. The summed E-state index contributed by atoms with van der Waals surface area (Å²) in [5.41, 5.74) is 8.49. The third-order valence-electron chi connectivity index (χ3n) is 6.87. The molecular formula is C32H30N4O4. The van der Waals surface area contributed by atoms with Crippen molar-refractivity contribution in [3.63, 3.8) is 0 Å². The van der Waals surface area contributed by atoms with Gasteiger partial charge in [0.05, 0.1) is 23.3 Å². The average molecular weight is 535 g/mol. The molecule has 0 spiro atoms. The summed E-state index contributed by atoms with van der Waals surface area (Å²) in [7, 11) is 0. The van der Waals surface area contributed by atoms with E-state index in [-0.39, 0.29) is 12.4 Å². The van der Waals surface area contributed by atoms with Crippen LogP contribution in [0.5, 0.6) is 11.5 Å². The predicted octanol–water partition coefficient (Wildman–Crippen LogP) is 4.53. The van der Waals surface area contributed by atoms with Crippen LogP contribution in [0.2, 0.25) is 0 Å². The Morgan fingerprint density at radius 2 is 1.38 bits per heavy atom. The molecule has 0 aliphatic heterocycles. The van der Waals surface area contributed by atoms with E-state index in [0.29, 0.717) is 66.7 Å². The number of fused-ring (bicyclic) bond motifs is 2. The maximum atomic E-state index is 14.1. The van der Waals surface area contributed by atoms with Crippen LogP contribution in [-0.2, 0) is 13.2 Å². The van der Waals surface area contributed by atoms with E-state index >= 15 is 0 Å². The van der Waals surface area contributed by atoms with Gasteiger partial charge in [0, 0.05) is 30.6 Å². The first-order chi connectivity index (χ1) is 19.7. The quantitative estimate of drug-likeness (QED) is 0.199. The van der Waals surface area contributed by atoms with Crippen molar-refractivity contribution in [2.45, 2.75) is 13.2 Å². The lowest BCUT2D eigenvalue weighted by atomic mass is 9.86. The molecule has 6 rings (SSSR count). The molecule has 0 amide bonds. The summed E-state index contributed by atoms with van der Waals surface area (Å²) >= 11 is 0. The third kappa shape index (κ3) is 5.02. The molecule has 1 heterocycles. The molecular weight excluding hydrogens is 504 g/mol. The van der Waals surface area contributed by atoms with Crippen LogP contribution in [0.3, 0.4) is 0 Å². The molecule has 8 heteroatoms. The van der Waals surface area contributed by atoms with Gasteiger partial charge >= 0.3 is 0 Å². The lowest BCUT2D eigenvalue weighted by Crippen LogP contribution is -2.29. The van der Waals surface area contributed by atoms with Crippen molar-refractivity contribution in [2.24, 2.45) is 0 Å². The van der Waals surface area contributed by atoms with Gasteiger partial charge in [-0.1, -0.05) is 72.8 Å². The number of ketones is 1. The molecule has 5 aromatic rings. The SMILES string of the molecule is O=C1c2c(OCc3ccccc3)ccc(OCc3ccccc3)c2-c2nn(NCCNCCO)c3cccc1c23. The maximum absolute atomic E-state index is 14.1. The number of aromatic nitrogens is 2. The van der Waals surface area contributed by atoms with Crippen LogP contribution >= 0.6 is 0 Å². The van der Waals surface area contributed by atoms with Crippen LogP contribution < -0.4 is 20.2 Å². The fraction of sp³-hybridized carbons (Fsp3) is 0.188. The molecule has 4 aromatic carbocycles. The highest BCUT2D eigenvalue weighted by atomic mass is 16.5. The van der Waals surface area contributed by atoms with E-state index in [9.17, 15) is 4.79 Å². The normalized spacial score (nSPS) is 11.9. The number of aliphatic hydroxyl groups excluding tert-OH is 1. The van der Waals surface area contributed by atoms with Gasteiger partial charge in [0.15, 0.2) is 5.78 Å². The van der Waals surface area contributed by atoms with Crippen LogP contribution in [0.4, 0.5) is 0 Å². The Balaban J connectivity index is 1.42. The smallest absolute Gasteiger partial charge is 0.198 e. The van der Waals surface area contributed by atoms with E-state index in [1.807, 2.05) is 91.0 Å². The second-order valence-corrected chi connectivity index (χ2v) is 9.53. The lowest BCUT2D eigenvalue weighted by Gasteiger charge is -2.21. The first kappa shape index (κ1) is 25.6. The highest BCUT2D eigenvalue weighted by molar-refractivity contribution is 6.26. The fourth-order valence-corrected chi connectivity index (χ4v) is 4.98. The van der Waals surface area contributed by atoms with Crippen LogP contribution in [0.1, 0.15) is 27.0 Å². The summed E-state index contributed by atoms with van der Waals surface area (Å²) in [5.74, 6) is 0.949. The van der Waals surface area contributed by atoms with Gasteiger partial charge in [-0.25, -0.2) is 0 Å². The molecule has 1 aliphatic carbocycles. The third-order valence-corrected chi connectivity index (χ3v) is 6.87. The number of rotatable bonds is 12. The molecule has 0 radical (unpaired) electrons. The Labute approximate surface area is 232 Å². The molecule has 0 saturated carbocycles. The zero-order valence-electron chi connectivity index (χ0n) is 22.0. The molecule has 0 bridgehead atoms. The van der Waals surface area contributed by atoms with Crippen LogP contribution in [0, 0.1) is 0 Å². The van der Waals surface area contributed by atoms with Gasteiger partial charge in [0.1, 0.15) is 30.4 Å². The molecule has 0 fully saturated rings. The molecule has 0 saturated heterocycles. The zero-order valence-corrected chi connectivity index (χ0v) is 22.0. The van der Waals surface area contributed by atoms with Gasteiger partial charge in [-0.05, 0) is 29.3 Å². The number of carbonyl (C=O) groups is 1.